The summed E-state index contributed by atoms with van der Waals surface area (Å²) in [5.74, 6) is -0.00350. The summed E-state index contributed by atoms with van der Waals surface area (Å²) < 4.78 is 0. The molecule has 0 saturated carbocycles. The van der Waals surface area contributed by atoms with Gasteiger partial charge in [-0.1, -0.05) is 18.2 Å². The molecule has 0 bridgehead atoms. The van der Waals surface area contributed by atoms with Gasteiger partial charge < -0.3 is 10.8 Å². The third kappa shape index (κ3) is 2.77. The van der Waals surface area contributed by atoms with Gasteiger partial charge >= 0.3 is 0 Å². The summed E-state index contributed by atoms with van der Waals surface area (Å²) in [5, 5.41) is 10.0. The van der Waals surface area contributed by atoms with Gasteiger partial charge in [0.15, 0.2) is 5.78 Å². The van der Waals surface area contributed by atoms with Gasteiger partial charge in [-0.2, -0.15) is 0 Å². The van der Waals surface area contributed by atoms with Crippen LogP contribution >= 0.6 is 0 Å². The van der Waals surface area contributed by atoms with Gasteiger partial charge in [0.25, 0.3) is 0 Å². The second kappa shape index (κ2) is 5.93. The predicted molar refractivity (Wildman–Crippen MR) is 88.1 cm³/mol. The first-order chi connectivity index (χ1) is 10.6. The Bertz CT molecular complexity index is 717. The van der Waals surface area contributed by atoms with Crippen molar-refractivity contribution in [2.24, 2.45) is 5.73 Å². The zero-order chi connectivity index (χ0) is 15.7. The number of Topliss-reactive ketones (excluding diaryl/α,β-unsaturated/α-hetero) is 1. The topological polar surface area (TPSA) is 63.3 Å². The third-order valence-electron chi connectivity index (χ3n) is 4.43. The van der Waals surface area contributed by atoms with Crippen molar-refractivity contribution >= 4 is 5.78 Å². The SMILES string of the molecule is CC(=O)c1cc2c(c(CN)c1O)CCCC2.c1cc2cc-2c1. The molecular weight excluding hydrogens is 274 g/mol. The van der Waals surface area contributed by atoms with Gasteiger partial charge in [-0.25, -0.2) is 0 Å². The fourth-order valence-corrected chi connectivity index (χ4v) is 3.14. The molecule has 0 amide bonds. The number of rotatable bonds is 2. The van der Waals surface area contributed by atoms with Crippen molar-refractivity contribution < 1.29 is 9.90 Å². The lowest BCUT2D eigenvalue weighted by Crippen LogP contribution is -2.12. The molecule has 3 nitrogen and oxygen atoms in total. The quantitative estimate of drug-likeness (QED) is 0.710. The monoisotopic (exact) mass is 295 g/mol. The second-order valence-corrected chi connectivity index (χ2v) is 5.94. The first-order valence-corrected chi connectivity index (χ1v) is 7.80. The molecule has 0 radical (unpaired) electrons. The van der Waals surface area contributed by atoms with E-state index in [-0.39, 0.29) is 11.5 Å². The molecule has 0 saturated heterocycles. The summed E-state index contributed by atoms with van der Waals surface area (Å²) in [6, 6.07) is 10.3. The van der Waals surface area contributed by atoms with E-state index in [1.165, 1.54) is 23.6 Å². The molecular formula is C19H21NO2. The van der Waals surface area contributed by atoms with Crippen LogP contribution in [0.1, 0.15) is 46.8 Å². The van der Waals surface area contributed by atoms with E-state index in [1.807, 2.05) is 6.07 Å². The maximum absolute atomic E-state index is 11.4. The Balaban J connectivity index is 0.000000196. The number of phenolic OH excluding ortho intramolecular Hbond substituents is 1. The number of benzene rings is 2. The molecule has 1 aromatic carbocycles. The standard InChI is InChI=1S/C13H17NO2.C6H4/c1-8(15)11-6-9-4-2-3-5-10(9)12(7-14)13(11)16;1-2-5-4-6(5)3-1/h6,16H,2-5,7,14H2,1H3;1-4H. The summed E-state index contributed by atoms with van der Waals surface area (Å²) in [7, 11) is 0. The lowest BCUT2D eigenvalue weighted by molar-refractivity contribution is 0.101. The van der Waals surface area contributed by atoms with Crippen LogP contribution in [0.25, 0.3) is 11.1 Å². The Morgan fingerprint density at radius 1 is 1.18 bits per heavy atom. The molecule has 0 fully saturated rings. The smallest absolute Gasteiger partial charge is 0.163 e. The van der Waals surface area contributed by atoms with Crippen LogP contribution in [0.4, 0.5) is 0 Å². The molecule has 1 aromatic rings. The molecule has 114 valence electrons. The van der Waals surface area contributed by atoms with E-state index in [1.54, 1.807) is 0 Å². The van der Waals surface area contributed by atoms with E-state index >= 15 is 0 Å². The highest BCUT2D eigenvalue weighted by atomic mass is 16.3. The van der Waals surface area contributed by atoms with Crippen LogP contribution in [-0.2, 0) is 19.4 Å². The molecule has 0 aliphatic heterocycles. The Kier molecular flexibility index (Phi) is 3.99. The van der Waals surface area contributed by atoms with Crippen molar-refractivity contribution in [3.05, 3.63) is 52.6 Å². The zero-order valence-electron chi connectivity index (χ0n) is 12.9. The highest BCUT2D eigenvalue weighted by molar-refractivity contribution is 5.97. The number of carbonyl (C=O) groups excluding carboxylic acids is 1. The number of aryl methyl sites for hydroxylation is 1. The molecule has 3 heteroatoms. The molecule has 3 aliphatic carbocycles. The zero-order valence-corrected chi connectivity index (χ0v) is 12.9. The van der Waals surface area contributed by atoms with E-state index in [0.717, 1.165) is 36.8 Å². The summed E-state index contributed by atoms with van der Waals surface area (Å²) in [6.07, 6.45) is 4.24. The number of nitrogens with two attached hydrogens (primary N) is 1. The Hall–Kier alpha value is -2.13. The van der Waals surface area contributed by atoms with Crippen LogP contribution in [0, 0.1) is 0 Å². The van der Waals surface area contributed by atoms with Gasteiger partial charge in [0, 0.05) is 12.1 Å². The summed E-state index contributed by atoms with van der Waals surface area (Å²) in [4.78, 5) is 11.4. The minimum absolute atomic E-state index is 0.0932. The van der Waals surface area contributed by atoms with Crippen LogP contribution < -0.4 is 5.73 Å². The average molecular weight is 295 g/mol. The van der Waals surface area contributed by atoms with Crippen molar-refractivity contribution in [3.63, 3.8) is 0 Å². The van der Waals surface area contributed by atoms with E-state index in [9.17, 15) is 9.90 Å². The number of carbonyl (C=O) groups is 1. The second-order valence-electron chi connectivity index (χ2n) is 5.94. The molecule has 3 aliphatic rings. The fraction of sp³-hybridized carbons (Fsp3) is 0.316. The Morgan fingerprint density at radius 2 is 1.86 bits per heavy atom. The number of ketones is 1. The molecule has 0 atom stereocenters. The van der Waals surface area contributed by atoms with Crippen LogP contribution in [0.15, 0.2) is 30.3 Å². The molecule has 0 spiro atoms. The summed E-state index contributed by atoms with van der Waals surface area (Å²) in [5.41, 5.74) is 12.1. The summed E-state index contributed by atoms with van der Waals surface area (Å²) in [6.45, 7) is 1.78. The van der Waals surface area contributed by atoms with Gasteiger partial charge in [0.2, 0.25) is 0 Å². The number of aromatic hydroxyl groups is 1. The largest absolute Gasteiger partial charge is 0.507 e. The first-order valence-electron chi connectivity index (χ1n) is 7.80. The van der Waals surface area contributed by atoms with E-state index in [4.69, 9.17) is 5.73 Å². The normalized spacial score (nSPS) is 13.7. The Labute approximate surface area is 130 Å². The van der Waals surface area contributed by atoms with E-state index < -0.39 is 0 Å². The van der Waals surface area contributed by atoms with E-state index in [2.05, 4.69) is 24.3 Å². The molecule has 22 heavy (non-hydrogen) atoms. The first kappa shape index (κ1) is 14.8. The molecule has 4 rings (SSSR count). The van der Waals surface area contributed by atoms with Crippen molar-refractivity contribution in [1.82, 2.24) is 0 Å². The average Bonchev–Trinajstić information content (AvgIpc) is 3.13. The third-order valence-corrected chi connectivity index (χ3v) is 4.43. The molecule has 3 N–H and O–H groups in total. The van der Waals surface area contributed by atoms with Crippen LogP contribution in [0.2, 0.25) is 0 Å². The summed E-state index contributed by atoms with van der Waals surface area (Å²) >= 11 is 0. The van der Waals surface area contributed by atoms with Gasteiger partial charge in [0.05, 0.1) is 5.56 Å². The number of hydrogen-bond donors (Lipinski definition) is 2. The minimum atomic E-state index is -0.0967. The molecule has 0 heterocycles. The minimum Gasteiger partial charge on any atom is -0.507 e. The van der Waals surface area contributed by atoms with Crippen molar-refractivity contribution in [2.45, 2.75) is 39.2 Å². The van der Waals surface area contributed by atoms with Gasteiger partial charge in [-0.15, -0.1) is 0 Å². The van der Waals surface area contributed by atoms with Crippen LogP contribution in [0.5, 0.6) is 5.75 Å². The number of hydrogen-bond acceptors (Lipinski definition) is 3. The van der Waals surface area contributed by atoms with Crippen LogP contribution in [0.3, 0.4) is 0 Å². The van der Waals surface area contributed by atoms with Crippen LogP contribution in [-0.4, -0.2) is 10.9 Å². The highest BCUT2D eigenvalue weighted by Gasteiger charge is 2.20. The lowest BCUT2D eigenvalue weighted by Gasteiger charge is -2.21. The predicted octanol–water partition coefficient (Wildman–Crippen LogP) is 3.60. The van der Waals surface area contributed by atoms with Gasteiger partial charge in [0.1, 0.15) is 5.75 Å². The van der Waals surface area contributed by atoms with E-state index in [0.29, 0.717) is 12.1 Å². The van der Waals surface area contributed by atoms with Crippen molar-refractivity contribution in [3.8, 4) is 16.9 Å². The maximum Gasteiger partial charge on any atom is 0.163 e. The molecule has 0 unspecified atom stereocenters. The lowest BCUT2D eigenvalue weighted by atomic mass is 9.85. The van der Waals surface area contributed by atoms with Crippen molar-refractivity contribution in [1.29, 1.82) is 0 Å². The molecule has 0 aromatic heterocycles. The number of fused-ring (bicyclic) bond motifs is 2. The van der Waals surface area contributed by atoms with Gasteiger partial charge in [-0.05, 0) is 67.0 Å². The van der Waals surface area contributed by atoms with Crippen molar-refractivity contribution in [2.75, 3.05) is 0 Å². The Morgan fingerprint density at radius 3 is 2.36 bits per heavy atom. The highest BCUT2D eigenvalue weighted by Crippen LogP contribution is 2.34. The fourth-order valence-electron chi connectivity index (χ4n) is 3.14. The maximum atomic E-state index is 11.4. The van der Waals surface area contributed by atoms with Gasteiger partial charge in [-0.3, -0.25) is 4.79 Å². The number of phenols is 1.